The van der Waals surface area contributed by atoms with E-state index in [0.29, 0.717) is 22.6 Å². The summed E-state index contributed by atoms with van der Waals surface area (Å²) in [7, 11) is 0. The third-order valence-corrected chi connectivity index (χ3v) is 5.84. The molecule has 172 valence electrons. The minimum Gasteiger partial charge on any atom is -0.481 e. The van der Waals surface area contributed by atoms with E-state index in [-0.39, 0.29) is 17.1 Å². The maximum absolute atomic E-state index is 13.0. The molecule has 0 aliphatic carbocycles. The summed E-state index contributed by atoms with van der Waals surface area (Å²) in [5, 5.41) is 2.87. The summed E-state index contributed by atoms with van der Waals surface area (Å²) in [4.78, 5) is 25.7. The minimum atomic E-state index is -0.686. The van der Waals surface area contributed by atoms with Gasteiger partial charge < -0.3 is 10.1 Å². The number of hydrogen-bond donors (Lipinski definition) is 1. The van der Waals surface area contributed by atoms with Crippen molar-refractivity contribution < 1.29 is 14.3 Å². The van der Waals surface area contributed by atoms with Crippen molar-refractivity contribution in [2.45, 2.75) is 60.0 Å². The van der Waals surface area contributed by atoms with Gasteiger partial charge in [-0.1, -0.05) is 63.2 Å². The zero-order valence-electron chi connectivity index (χ0n) is 20.6. The average molecular weight is 444 g/mol. The Morgan fingerprint density at radius 1 is 0.879 bits per heavy atom. The fourth-order valence-electron chi connectivity index (χ4n) is 3.64. The van der Waals surface area contributed by atoms with E-state index in [1.54, 1.807) is 31.2 Å². The van der Waals surface area contributed by atoms with Gasteiger partial charge in [0.1, 0.15) is 5.75 Å². The molecule has 0 heterocycles. The van der Waals surface area contributed by atoms with Crippen LogP contribution in [0.2, 0.25) is 0 Å². The van der Waals surface area contributed by atoms with E-state index >= 15 is 0 Å². The van der Waals surface area contributed by atoms with Crippen molar-refractivity contribution in [3.8, 4) is 5.75 Å². The van der Waals surface area contributed by atoms with Crippen LogP contribution < -0.4 is 10.1 Å². The fourth-order valence-corrected chi connectivity index (χ4v) is 3.64. The second-order valence-corrected chi connectivity index (χ2v) is 9.69. The van der Waals surface area contributed by atoms with Gasteiger partial charge in [0.25, 0.3) is 5.91 Å². The molecule has 0 radical (unpaired) electrons. The molecule has 1 N–H and O–H groups in total. The van der Waals surface area contributed by atoms with Gasteiger partial charge in [-0.15, -0.1) is 0 Å². The van der Waals surface area contributed by atoms with Crippen LogP contribution >= 0.6 is 0 Å². The lowest BCUT2D eigenvalue weighted by molar-refractivity contribution is -0.122. The highest BCUT2D eigenvalue weighted by atomic mass is 16.5. The zero-order chi connectivity index (χ0) is 24.3. The molecular formula is C29H33NO3. The molecule has 3 aromatic carbocycles. The first-order chi connectivity index (χ1) is 15.5. The molecule has 1 atom stereocenters. The van der Waals surface area contributed by atoms with Gasteiger partial charge in [0, 0.05) is 16.8 Å². The Hall–Kier alpha value is -3.40. The van der Waals surface area contributed by atoms with E-state index < -0.39 is 6.10 Å². The van der Waals surface area contributed by atoms with Gasteiger partial charge in [0.15, 0.2) is 11.9 Å². The largest absolute Gasteiger partial charge is 0.481 e. The Bertz CT molecular complexity index is 1170. The Kier molecular flexibility index (Phi) is 7.06. The first kappa shape index (κ1) is 24.2. The topological polar surface area (TPSA) is 55.4 Å². The van der Waals surface area contributed by atoms with Crippen LogP contribution in [0.3, 0.4) is 0 Å². The number of nitrogens with one attached hydrogen (secondary N) is 1. The predicted octanol–water partition coefficient (Wildman–Crippen LogP) is 6.55. The molecule has 0 aliphatic rings. The van der Waals surface area contributed by atoms with Crippen molar-refractivity contribution in [3.05, 3.63) is 94.0 Å². The third-order valence-electron chi connectivity index (χ3n) is 5.84. The second-order valence-electron chi connectivity index (χ2n) is 9.69. The van der Waals surface area contributed by atoms with Gasteiger partial charge in [0.05, 0.1) is 0 Å². The fraction of sp³-hybridized carbons (Fsp3) is 0.310. The van der Waals surface area contributed by atoms with Crippen LogP contribution in [-0.4, -0.2) is 17.8 Å². The maximum atomic E-state index is 13.0. The highest BCUT2D eigenvalue weighted by Crippen LogP contribution is 2.25. The first-order valence-corrected chi connectivity index (χ1v) is 11.3. The van der Waals surface area contributed by atoms with Crippen LogP contribution in [0, 0.1) is 20.8 Å². The van der Waals surface area contributed by atoms with E-state index in [0.717, 1.165) is 16.7 Å². The minimum absolute atomic E-state index is 0.0280. The quantitative estimate of drug-likeness (QED) is 0.440. The molecule has 0 spiro atoms. The molecule has 0 aromatic heterocycles. The number of amides is 1. The normalized spacial score (nSPS) is 12.2. The number of rotatable bonds is 6. The summed E-state index contributed by atoms with van der Waals surface area (Å²) in [5.41, 5.74) is 6.13. The average Bonchev–Trinajstić information content (AvgIpc) is 2.76. The van der Waals surface area contributed by atoms with Gasteiger partial charge in [-0.05, 0) is 73.6 Å². The number of benzene rings is 3. The van der Waals surface area contributed by atoms with Crippen molar-refractivity contribution in [1.82, 2.24) is 0 Å². The van der Waals surface area contributed by atoms with Gasteiger partial charge in [-0.3, -0.25) is 9.59 Å². The van der Waals surface area contributed by atoms with Crippen LogP contribution in [0.25, 0.3) is 0 Å². The SMILES string of the molecule is Cc1cc(C)c(C)c(O[C@@H](C)C(=O)Nc2cccc(C(=O)c3ccc(C(C)(C)C)cc3)c2)c1. The van der Waals surface area contributed by atoms with Crippen LogP contribution in [0.15, 0.2) is 60.7 Å². The molecule has 0 aliphatic heterocycles. The number of carbonyl (C=O) groups is 2. The highest BCUT2D eigenvalue weighted by Gasteiger charge is 2.18. The number of ether oxygens (including phenoxy) is 1. The summed E-state index contributed by atoms with van der Waals surface area (Å²) in [6, 6.07) is 18.7. The van der Waals surface area contributed by atoms with E-state index in [9.17, 15) is 9.59 Å². The van der Waals surface area contributed by atoms with Gasteiger partial charge in [0.2, 0.25) is 0 Å². The van der Waals surface area contributed by atoms with Crippen molar-refractivity contribution in [1.29, 1.82) is 0 Å². The molecule has 4 heteroatoms. The Balaban J connectivity index is 1.72. The highest BCUT2D eigenvalue weighted by molar-refractivity contribution is 6.09. The lowest BCUT2D eigenvalue weighted by atomic mass is 9.86. The molecule has 0 saturated carbocycles. The molecule has 0 fully saturated rings. The predicted molar refractivity (Wildman–Crippen MR) is 134 cm³/mol. The van der Waals surface area contributed by atoms with Gasteiger partial charge in [-0.25, -0.2) is 0 Å². The summed E-state index contributed by atoms with van der Waals surface area (Å²) in [5.74, 6) is 0.354. The first-order valence-electron chi connectivity index (χ1n) is 11.3. The number of hydrogen-bond acceptors (Lipinski definition) is 3. The summed E-state index contributed by atoms with van der Waals surface area (Å²) in [6.45, 7) is 14.2. The Morgan fingerprint density at radius 3 is 2.18 bits per heavy atom. The zero-order valence-corrected chi connectivity index (χ0v) is 20.6. The van der Waals surface area contributed by atoms with Crippen molar-refractivity contribution in [2.24, 2.45) is 0 Å². The number of carbonyl (C=O) groups excluding carboxylic acids is 2. The van der Waals surface area contributed by atoms with E-state index in [4.69, 9.17) is 4.74 Å². The molecule has 33 heavy (non-hydrogen) atoms. The Labute approximate surface area is 197 Å². The van der Waals surface area contributed by atoms with Crippen molar-refractivity contribution >= 4 is 17.4 Å². The third kappa shape index (κ3) is 5.89. The lowest BCUT2D eigenvalue weighted by Crippen LogP contribution is -2.30. The molecule has 4 nitrogen and oxygen atoms in total. The monoisotopic (exact) mass is 443 g/mol. The molecule has 0 saturated heterocycles. The number of ketones is 1. The summed E-state index contributed by atoms with van der Waals surface area (Å²) < 4.78 is 5.95. The van der Waals surface area contributed by atoms with Crippen LogP contribution in [-0.2, 0) is 10.2 Å². The number of aryl methyl sites for hydroxylation is 2. The van der Waals surface area contributed by atoms with Gasteiger partial charge >= 0.3 is 0 Å². The molecule has 3 aromatic rings. The Morgan fingerprint density at radius 2 is 1.55 bits per heavy atom. The smallest absolute Gasteiger partial charge is 0.265 e. The maximum Gasteiger partial charge on any atom is 0.265 e. The lowest BCUT2D eigenvalue weighted by Gasteiger charge is -2.19. The van der Waals surface area contributed by atoms with Crippen molar-refractivity contribution in [2.75, 3.05) is 5.32 Å². The summed E-state index contributed by atoms with van der Waals surface area (Å²) in [6.07, 6.45) is -0.686. The number of anilines is 1. The van der Waals surface area contributed by atoms with Crippen molar-refractivity contribution in [3.63, 3.8) is 0 Å². The second kappa shape index (κ2) is 9.62. The van der Waals surface area contributed by atoms with E-state index in [2.05, 4.69) is 32.2 Å². The van der Waals surface area contributed by atoms with Crippen LogP contribution in [0.5, 0.6) is 5.75 Å². The van der Waals surface area contributed by atoms with Crippen LogP contribution in [0.1, 0.15) is 65.9 Å². The van der Waals surface area contributed by atoms with E-state index in [1.807, 2.05) is 51.1 Å². The molecule has 0 bridgehead atoms. The van der Waals surface area contributed by atoms with E-state index in [1.165, 1.54) is 5.56 Å². The molecular weight excluding hydrogens is 410 g/mol. The van der Waals surface area contributed by atoms with Crippen LogP contribution in [0.4, 0.5) is 5.69 Å². The molecule has 0 unspecified atom stereocenters. The van der Waals surface area contributed by atoms with Gasteiger partial charge in [-0.2, -0.15) is 0 Å². The summed E-state index contributed by atoms with van der Waals surface area (Å²) >= 11 is 0. The standard InChI is InChI=1S/C29H33NO3/c1-18-15-19(2)20(3)26(16-18)33-21(4)28(32)30-25-10-8-9-23(17-25)27(31)22-11-13-24(14-12-22)29(5,6)7/h8-17,21H,1-7H3,(H,30,32)/t21-/m0/s1. The molecule has 1 amide bonds. The molecule has 3 rings (SSSR count).